The Morgan fingerprint density at radius 2 is 0.913 bits per heavy atom. The summed E-state index contributed by atoms with van der Waals surface area (Å²) >= 11 is 0. The number of carbonyl (C=O) groups is 2. The molecule has 2 amide bonds. The van der Waals surface area contributed by atoms with E-state index in [0.29, 0.717) is 13.1 Å². The van der Waals surface area contributed by atoms with E-state index in [0.717, 1.165) is 37.1 Å². The van der Waals surface area contributed by atoms with E-state index < -0.39 is 0 Å². The Kier molecular flexibility index (Phi) is 23.0. The van der Waals surface area contributed by atoms with Crippen LogP contribution in [0.15, 0.2) is 49.1 Å². The quantitative estimate of drug-likeness (QED) is 0.116. The molecule has 1 saturated heterocycles. The zero-order valence-corrected chi connectivity index (χ0v) is 33.6. The van der Waals surface area contributed by atoms with Crippen molar-refractivity contribution in [1.29, 1.82) is 0 Å². The first-order valence-electron chi connectivity index (χ1n) is 18.0. The Hall–Kier alpha value is -1.30. The van der Waals surface area contributed by atoms with Gasteiger partial charge in [0.2, 0.25) is 0 Å². The van der Waals surface area contributed by atoms with Crippen LogP contribution in [0.1, 0.15) is 151 Å². The lowest BCUT2D eigenvalue weighted by atomic mass is 10.1. The van der Waals surface area contributed by atoms with Crippen LogP contribution >= 0.6 is 0 Å². The van der Waals surface area contributed by atoms with Gasteiger partial charge in [-0.2, -0.15) is 0 Å². The molecule has 2 aromatic heterocycles. The van der Waals surface area contributed by atoms with E-state index in [4.69, 9.17) is 0 Å². The summed E-state index contributed by atoms with van der Waals surface area (Å²) in [4.78, 5) is 31.2. The average Bonchev–Trinajstić information content (AvgIpc) is 3.04. The summed E-state index contributed by atoms with van der Waals surface area (Å²) in [5.41, 5.74) is 1.46. The summed E-state index contributed by atoms with van der Waals surface area (Å²) < 4.78 is 4.33. The van der Waals surface area contributed by atoms with Crippen LogP contribution in [0.2, 0.25) is 0 Å². The Labute approximate surface area is 315 Å². The van der Waals surface area contributed by atoms with E-state index in [9.17, 15) is 9.59 Å². The van der Waals surface area contributed by atoms with Gasteiger partial charge in [0.1, 0.15) is 24.2 Å². The summed E-state index contributed by atoms with van der Waals surface area (Å²) in [6.07, 6.45) is 28.9. The maximum atomic E-state index is 13.6. The van der Waals surface area contributed by atoms with Gasteiger partial charge in [0.15, 0.2) is 24.8 Å². The minimum atomic E-state index is -0.0443. The molecule has 0 N–H and O–H groups in total. The van der Waals surface area contributed by atoms with Crippen LogP contribution in [-0.4, -0.2) is 46.8 Å². The van der Waals surface area contributed by atoms with E-state index in [1.54, 1.807) is 0 Å². The number of hydrogen-bond acceptors (Lipinski definition) is 2. The first-order valence-corrected chi connectivity index (χ1v) is 18.0. The molecular formula is C38H62I2N4O2. The lowest BCUT2D eigenvalue weighted by Gasteiger charge is -2.44. The Bertz CT molecular complexity index is 1040. The van der Waals surface area contributed by atoms with Crippen LogP contribution in [0, 0.1) is 0 Å². The number of rotatable bonds is 20. The van der Waals surface area contributed by atoms with Gasteiger partial charge in [0, 0.05) is 50.1 Å². The second kappa shape index (κ2) is 24.8. The molecule has 46 heavy (non-hydrogen) atoms. The molecule has 1 aliphatic heterocycles. The Balaban J connectivity index is 0.00000529. The van der Waals surface area contributed by atoms with Crippen molar-refractivity contribution < 1.29 is 66.7 Å². The first-order chi connectivity index (χ1) is 21.4. The number of aromatic nitrogens is 2. The number of piperazine rings is 1. The van der Waals surface area contributed by atoms with Gasteiger partial charge < -0.3 is 57.8 Å². The van der Waals surface area contributed by atoms with Crippen LogP contribution in [0.4, 0.5) is 0 Å². The minimum Gasteiger partial charge on any atom is -1.00 e. The van der Waals surface area contributed by atoms with Crippen LogP contribution < -0.4 is 57.1 Å². The third-order valence-electron chi connectivity index (χ3n) is 9.26. The Morgan fingerprint density at radius 3 is 1.26 bits per heavy atom. The molecule has 6 nitrogen and oxygen atoms in total. The fraction of sp³-hybridized carbons (Fsp3) is 0.684. The van der Waals surface area contributed by atoms with Gasteiger partial charge in [0.25, 0.3) is 11.8 Å². The third kappa shape index (κ3) is 14.9. The molecule has 0 saturated carbocycles. The van der Waals surface area contributed by atoms with Crippen molar-refractivity contribution >= 4 is 11.8 Å². The molecule has 8 heteroatoms. The van der Waals surface area contributed by atoms with Gasteiger partial charge in [-0.05, 0) is 38.8 Å². The second-order valence-corrected chi connectivity index (χ2v) is 13.2. The molecule has 0 radical (unpaired) electrons. The van der Waals surface area contributed by atoms with Crippen molar-refractivity contribution in [2.24, 2.45) is 0 Å². The molecule has 1 aliphatic rings. The Morgan fingerprint density at radius 1 is 0.587 bits per heavy atom. The highest BCUT2D eigenvalue weighted by Crippen LogP contribution is 2.20. The number of aryl methyl sites for hydroxylation is 2. The van der Waals surface area contributed by atoms with Crippen LogP contribution in [0.5, 0.6) is 0 Å². The largest absolute Gasteiger partial charge is 1.00 e. The van der Waals surface area contributed by atoms with E-state index >= 15 is 0 Å². The van der Waals surface area contributed by atoms with Gasteiger partial charge >= 0.3 is 0 Å². The fourth-order valence-corrected chi connectivity index (χ4v) is 6.46. The summed E-state index contributed by atoms with van der Waals surface area (Å²) in [7, 11) is 0. The van der Waals surface area contributed by atoms with Gasteiger partial charge in [-0.3, -0.25) is 9.59 Å². The monoisotopic (exact) mass is 860 g/mol. The van der Waals surface area contributed by atoms with Crippen molar-refractivity contribution in [3.63, 3.8) is 0 Å². The van der Waals surface area contributed by atoms with Crippen LogP contribution in [-0.2, 0) is 13.1 Å². The number of halogens is 2. The molecule has 1 fully saturated rings. The molecule has 2 unspecified atom stereocenters. The van der Waals surface area contributed by atoms with Crippen LogP contribution in [0.25, 0.3) is 0 Å². The summed E-state index contributed by atoms with van der Waals surface area (Å²) in [5, 5.41) is 0. The number of carbonyl (C=O) groups excluding carboxylic acids is 2. The summed E-state index contributed by atoms with van der Waals surface area (Å²) in [6.45, 7) is 11.6. The number of unbranched alkanes of at least 4 members (excludes halogenated alkanes) is 14. The maximum absolute atomic E-state index is 13.6. The predicted molar refractivity (Wildman–Crippen MR) is 179 cm³/mol. The number of hydrogen-bond donors (Lipinski definition) is 0. The minimum absolute atomic E-state index is 0. The van der Waals surface area contributed by atoms with Gasteiger partial charge in [-0.1, -0.05) is 90.9 Å². The standard InChI is InChI=1S/C38H62N4O2.2HI/c1-5-7-9-11-13-15-17-19-25-39-27-21-23-35(31-39)37(43)41-29-34(4)42(30-33(41)3)38(44)36-24-22-28-40(32-36)26-20-18-16-14-12-10-8-6-2;;/h21-24,27-28,31-34H,5-20,25-26,29-30H2,1-4H3;2*1H/q+2;;/p-2. The molecule has 3 heterocycles. The van der Waals surface area contributed by atoms with E-state index in [1.165, 1.54) is 89.9 Å². The second-order valence-electron chi connectivity index (χ2n) is 13.2. The highest BCUT2D eigenvalue weighted by Gasteiger charge is 2.36. The van der Waals surface area contributed by atoms with E-state index in [1.807, 2.05) is 46.5 Å². The van der Waals surface area contributed by atoms with Crippen LogP contribution in [0.3, 0.4) is 0 Å². The van der Waals surface area contributed by atoms with Crippen molar-refractivity contribution in [2.75, 3.05) is 13.1 Å². The molecule has 0 aromatic carbocycles. The number of amides is 2. The number of pyridine rings is 2. The molecule has 0 spiro atoms. The maximum Gasteiger partial charge on any atom is 0.260 e. The third-order valence-corrected chi connectivity index (χ3v) is 9.26. The highest BCUT2D eigenvalue weighted by atomic mass is 127. The summed E-state index contributed by atoms with van der Waals surface area (Å²) in [6, 6.07) is 7.75. The lowest BCUT2D eigenvalue weighted by Crippen LogP contribution is -3.00. The number of nitrogens with zero attached hydrogens (tertiary/aromatic N) is 4. The molecular weight excluding hydrogens is 798 g/mol. The van der Waals surface area contributed by atoms with Crippen molar-refractivity contribution in [3.05, 3.63) is 60.2 Å². The van der Waals surface area contributed by atoms with Gasteiger partial charge in [0.05, 0.1) is 0 Å². The lowest BCUT2D eigenvalue weighted by molar-refractivity contribution is -0.697. The van der Waals surface area contributed by atoms with Gasteiger partial charge in [-0.15, -0.1) is 0 Å². The van der Waals surface area contributed by atoms with E-state index in [2.05, 4.69) is 49.2 Å². The molecule has 0 bridgehead atoms. The molecule has 2 atom stereocenters. The summed E-state index contributed by atoms with van der Waals surface area (Å²) in [5.74, 6) is 0.120. The molecule has 0 aliphatic carbocycles. The smallest absolute Gasteiger partial charge is 0.260 e. The van der Waals surface area contributed by atoms with Crippen molar-refractivity contribution in [1.82, 2.24) is 9.80 Å². The average molecular weight is 861 g/mol. The van der Waals surface area contributed by atoms with Crippen molar-refractivity contribution in [2.45, 2.75) is 156 Å². The molecule has 2 aromatic rings. The van der Waals surface area contributed by atoms with Crippen molar-refractivity contribution in [3.8, 4) is 0 Å². The molecule has 260 valence electrons. The molecule has 3 rings (SSSR count). The topological polar surface area (TPSA) is 48.4 Å². The van der Waals surface area contributed by atoms with Gasteiger partial charge in [-0.25, -0.2) is 9.13 Å². The highest BCUT2D eigenvalue weighted by molar-refractivity contribution is 5.95. The zero-order chi connectivity index (χ0) is 31.6. The predicted octanol–water partition coefficient (Wildman–Crippen LogP) is 1.93. The van der Waals surface area contributed by atoms with E-state index in [-0.39, 0.29) is 71.9 Å². The fourth-order valence-electron chi connectivity index (χ4n) is 6.46. The normalized spacial score (nSPS) is 16.1. The zero-order valence-electron chi connectivity index (χ0n) is 29.3. The SMILES string of the molecule is CCCCCCCCCC[n+]1cccc(C(=O)N2CC(C)N(C(=O)c3ccc[n+](CCCCCCCCCC)c3)CC2C)c1.[I-].[I-]. The first kappa shape index (κ1) is 42.7.